The van der Waals surface area contributed by atoms with Gasteiger partial charge >= 0.3 is 12.2 Å². The Labute approximate surface area is 139 Å². The van der Waals surface area contributed by atoms with Crippen LogP contribution in [0.2, 0.25) is 0 Å². The Hall–Kier alpha value is -1.59. The van der Waals surface area contributed by atoms with Gasteiger partial charge in [-0.15, -0.1) is 0 Å². The van der Waals surface area contributed by atoms with Crippen LogP contribution < -0.4 is 0 Å². The average molecular weight is 329 g/mol. The standard InChI is InChI=1S/C17H31NO5/c1-8-9-13(10-11-19)12-18(14(20)22-16(2,3)4)15(21)23-17(5,6)7/h11,13H,8-10,12H2,1-7H3. The van der Waals surface area contributed by atoms with Crippen molar-refractivity contribution >= 4 is 18.5 Å². The van der Waals surface area contributed by atoms with E-state index in [1.807, 2.05) is 6.92 Å². The van der Waals surface area contributed by atoms with Gasteiger partial charge in [-0.25, -0.2) is 14.5 Å². The van der Waals surface area contributed by atoms with Crippen LogP contribution in [0.5, 0.6) is 0 Å². The van der Waals surface area contributed by atoms with E-state index in [0.29, 0.717) is 0 Å². The van der Waals surface area contributed by atoms with Crippen molar-refractivity contribution in [1.82, 2.24) is 4.90 Å². The number of hydrogen-bond acceptors (Lipinski definition) is 5. The first kappa shape index (κ1) is 21.4. The zero-order valence-electron chi connectivity index (χ0n) is 15.5. The summed E-state index contributed by atoms with van der Waals surface area (Å²) in [6.45, 7) is 12.5. The van der Waals surface area contributed by atoms with Crippen LogP contribution in [-0.2, 0) is 14.3 Å². The predicted molar refractivity (Wildman–Crippen MR) is 88.3 cm³/mol. The van der Waals surface area contributed by atoms with Crippen molar-refractivity contribution in [2.45, 2.75) is 78.9 Å². The SMILES string of the molecule is CCCC(CC=O)CN(C(=O)OC(C)(C)C)C(=O)OC(C)(C)C. The van der Waals surface area contributed by atoms with Crippen molar-refractivity contribution < 1.29 is 23.9 Å². The molecule has 0 aliphatic heterocycles. The number of carbonyl (C=O) groups excluding carboxylic acids is 3. The number of nitrogens with zero attached hydrogens (tertiary/aromatic N) is 1. The number of hydrogen-bond donors (Lipinski definition) is 0. The molecule has 0 heterocycles. The number of imide groups is 1. The molecule has 0 rings (SSSR count). The minimum atomic E-state index is -0.751. The molecule has 0 aromatic heterocycles. The summed E-state index contributed by atoms with van der Waals surface area (Å²) in [6.07, 6.45) is 1.19. The Morgan fingerprint density at radius 1 is 1.00 bits per heavy atom. The van der Waals surface area contributed by atoms with Crippen molar-refractivity contribution in [3.8, 4) is 0 Å². The molecule has 0 spiro atoms. The molecule has 134 valence electrons. The molecule has 0 aliphatic carbocycles. The smallest absolute Gasteiger partial charge is 0.419 e. The molecule has 0 radical (unpaired) electrons. The molecule has 2 amide bonds. The third-order valence-electron chi connectivity index (χ3n) is 2.80. The van der Waals surface area contributed by atoms with Gasteiger partial charge in [-0.2, -0.15) is 0 Å². The summed E-state index contributed by atoms with van der Waals surface area (Å²) in [5.41, 5.74) is -1.44. The van der Waals surface area contributed by atoms with E-state index in [1.54, 1.807) is 41.5 Å². The Balaban J connectivity index is 5.22. The van der Waals surface area contributed by atoms with Crippen LogP contribution in [0.25, 0.3) is 0 Å². The van der Waals surface area contributed by atoms with E-state index in [1.165, 1.54) is 0 Å². The van der Waals surface area contributed by atoms with Crippen molar-refractivity contribution in [3.63, 3.8) is 0 Å². The van der Waals surface area contributed by atoms with Gasteiger partial charge in [0.05, 0.1) is 0 Å². The number of aldehydes is 1. The Morgan fingerprint density at radius 2 is 1.43 bits per heavy atom. The Bertz CT molecular complexity index is 378. The van der Waals surface area contributed by atoms with Crippen molar-refractivity contribution in [1.29, 1.82) is 0 Å². The molecule has 1 atom stereocenters. The summed E-state index contributed by atoms with van der Waals surface area (Å²) < 4.78 is 10.6. The lowest BCUT2D eigenvalue weighted by Gasteiger charge is -2.30. The normalized spacial score (nSPS) is 13.2. The topological polar surface area (TPSA) is 72.9 Å². The van der Waals surface area contributed by atoms with E-state index in [2.05, 4.69) is 0 Å². The maximum Gasteiger partial charge on any atom is 0.419 e. The minimum Gasteiger partial charge on any atom is -0.443 e. The molecule has 0 saturated heterocycles. The molecule has 23 heavy (non-hydrogen) atoms. The second-order valence-corrected chi connectivity index (χ2v) is 7.63. The molecule has 6 nitrogen and oxygen atoms in total. The average Bonchev–Trinajstić information content (AvgIpc) is 2.31. The first-order chi connectivity index (χ1) is 10.4. The van der Waals surface area contributed by atoms with Gasteiger partial charge in [0.15, 0.2) is 0 Å². The molecule has 6 heteroatoms. The highest BCUT2D eigenvalue weighted by Crippen LogP contribution is 2.18. The van der Waals surface area contributed by atoms with Gasteiger partial charge in [-0.3, -0.25) is 0 Å². The van der Waals surface area contributed by atoms with E-state index >= 15 is 0 Å². The van der Waals surface area contributed by atoms with E-state index in [4.69, 9.17) is 9.47 Å². The van der Waals surface area contributed by atoms with Crippen LogP contribution in [0.15, 0.2) is 0 Å². The highest BCUT2D eigenvalue weighted by molar-refractivity contribution is 5.88. The third-order valence-corrected chi connectivity index (χ3v) is 2.80. The molecule has 0 saturated carbocycles. The minimum absolute atomic E-state index is 0.0995. The summed E-state index contributed by atoms with van der Waals surface area (Å²) in [5.74, 6) is -0.0995. The van der Waals surface area contributed by atoms with Crippen LogP contribution >= 0.6 is 0 Å². The molecule has 0 aromatic rings. The number of amides is 2. The summed E-state index contributed by atoms with van der Waals surface area (Å²) in [4.78, 5) is 36.5. The zero-order valence-corrected chi connectivity index (χ0v) is 15.5. The van der Waals surface area contributed by atoms with E-state index in [0.717, 1.165) is 24.0 Å². The lowest BCUT2D eigenvalue weighted by molar-refractivity contribution is -0.108. The molecule has 0 aliphatic rings. The van der Waals surface area contributed by atoms with Gasteiger partial charge in [-0.05, 0) is 53.9 Å². The van der Waals surface area contributed by atoms with Crippen molar-refractivity contribution in [3.05, 3.63) is 0 Å². The lowest BCUT2D eigenvalue weighted by atomic mass is 10.00. The van der Waals surface area contributed by atoms with Crippen LogP contribution in [0.1, 0.15) is 67.7 Å². The number of ether oxygens (including phenoxy) is 2. The second-order valence-electron chi connectivity index (χ2n) is 7.63. The molecule has 0 N–H and O–H groups in total. The first-order valence-corrected chi connectivity index (χ1v) is 8.06. The summed E-state index contributed by atoms with van der Waals surface area (Å²) in [5, 5.41) is 0. The van der Waals surface area contributed by atoms with Crippen molar-refractivity contribution in [2.24, 2.45) is 5.92 Å². The van der Waals surface area contributed by atoms with Gasteiger partial charge < -0.3 is 14.3 Å². The van der Waals surface area contributed by atoms with Crippen LogP contribution in [0.3, 0.4) is 0 Å². The first-order valence-electron chi connectivity index (χ1n) is 8.06. The third kappa shape index (κ3) is 9.92. The fourth-order valence-corrected chi connectivity index (χ4v) is 1.94. The molecule has 0 aromatic carbocycles. The van der Waals surface area contributed by atoms with Crippen molar-refractivity contribution in [2.75, 3.05) is 6.54 Å². The van der Waals surface area contributed by atoms with Gasteiger partial charge in [0.2, 0.25) is 0 Å². The second kappa shape index (κ2) is 8.89. The maximum absolute atomic E-state index is 12.3. The predicted octanol–water partition coefficient (Wildman–Crippen LogP) is 4.16. The lowest BCUT2D eigenvalue weighted by Crippen LogP contribution is -2.45. The fraction of sp³-hybridized carbons (Fsp3) is 0.824. The highest BCUT2D eigenvalue weighted by Gasteiger charge is 2.32. The maximum atomic E-state index is 12.3. The summed E-state index contributed by atoms with van der Waals surface area (Å²) in [6, 6.07) is 0. The number of rotatable bonds is 6. The van der Waals surface area contributed by atoms with Gasteiger partial charge in [-0.1, -0.05) is 13.3 Å². The zero-order chi connectivity index (χ0) is 18.3. The molecular weight excluding hydrogens is 298 g/mol. The van der Waals surface area contributed by atoms with E-state index in [9.17, 15) is 14.4 Å². The van der Waals surface area contributed by atoms with Gasteiger partial charge in [0.1, 0.15) is 17.5 Å². The van der Waals surface area contributed by atoms with Crippen LogP contribution in [-0.4, -0.2) is 41.1 Å². The van der Waals surface area contributed by atoms with Crippen LogP contribution in [0.4, 0.5) is 9.59 Å². The summed E-state index contributed by atoms with van der Waals surface area (Å²) >= 11 is 0. The number of carbonyl (C=O) groups is 3. The van der Waals surface area contributed by atoms with Gasteiger partial charge in [0, 0.05) is 13.0 Å². The van der Waals surface area contributed by atoms with E-state index in [-0.39, 0.29) is 18.9 Å². The van der Waals surface area contributed by atoms with Gasteiger partial charge in [0.25, 0.3) is 0 Å². The van der Waals surface area contributed by atoms with E-state index < -0.39 is 23.4 Å². The Kier molecular flexibility index (Phi) is 8.28. The molecule has 1 unspecified atom stereocenters. The Morgan fingerprint density at radius 3 is 1.74 bits per heavy atom. The fourth-order valence-electron chi connectivity index (χ4n) is 1.94. The molecular formula is C17H31NO5. The largest absolute Gasteiger partial charge is 0.443 e. The quantitative estimate of drug-likeness (QED) is 0.684. The molecule has 0 fully saturated rings. The monoisotopic (exact) mass is 329 g/mol. The molecule has 0 bridgehead atoms. The highest BCUT2D eigenvalue weighted by atomic mass is 16.6. The van der Waals surface area contributed by atoms with Crippen LogP contribution in [0, 0.1) is 5.92 Å². The summed E-state index contributed by atoms with van der Waals surface area (Å²) in [7, 11) is 0.